The van der Waals surface area contributed by atoms with Crippen LogP contribution in [0.5, 0.6) is 0 Å². The Morgan fingerprint density at radius 3 is 2.70 bits per heavy atom. The Balaban J connectivity index is 1.65. The molecular weight excluding hydrogens is 286 g/mol. The zero-order valence-corrected chi connectivity index (χ0v) is 14.8. The topological polar surface area (TPSA) is 41.8 Å². The summed E-state index contributed by atoms with van der Waals surface area (Å²) in [6.45, 7) is 4.87. The third kappa shape index (κ3) is 2.15. The quantitative estimate of drug-likeness (QED) is 0.732. The van der Waals surface area contributed by atoms with Crippen molar-refractivity contribution in [1.29, 1.82) is 0 Å². The second-order valence-corrected chi connectivity index (χ2v) is 8.91. The van der Waals surface area contributed by atoms with Crippen LogP contribution in [0.15, 0.2) is 16.8 Å². The Kier molecular flexibility index (Phi) is 3.64. The minimum atomic E-state index is -0.0648. The van der Waals surface area contributed by atoms with Crippen LogP contribution in [-0.2, 0) is 4.84 Å². The lowest BCUT2D eigenvalue weighted by Gasteiger charge is -2.57. The molecule has 23 heavy (non-hydrogen) atoms. The number of oxime groups is 1. The van der Waals surface area contributed by atoms with E-state index in [4.69, 9.17) is 4.84 Å². The lowest BCUT2D eigenvalue weighted by atomic mass is 9.47. The first-order chi connectivity index (χ1) is 11.0. The van der Waals surface area contributed by atoms with Gasteiger partial charge < -0.3 is 9.94 Å². The predicted octanol–water partition coefficient (Wildman–Crippen LogP) is 4.31. The van der Waals surface area contributed by atoms with Crippen LogP contribution in [0.4, 0.5) is 0 Å². The second-order valence-electron chi connectivity index (χ2n) is 8.91. The smallest absolute Gasteiger partial charge is 0.106 e. The van der Waals surface area contributed by atoms with Crippen molar-refractivity contribution in [3.63, 3.8) is 0 Å². The van der Waals surface area contributed by atoms with Gasteiger partial charge in [0.1, 0.15) is 7.11 Å². The van der Waals surface area contributed by atoms with Gasteiger partial charge in [-0.25, -0.2) is 0 Å². The van der Waals surface area contributed by atoms with Crippen LogP contribution < -0.4 is 0 Å². The number of hydrogen-bond acceptors (Lipinski definition) is 3. The van der Waals surface area contributed by atoms with E-state index in [0.29, 0.717) is 5.41 Å². The van der Waals surface area contributed by atoms with Crippen molar-refractivity contribution >= 4 is 5.71 Å². The third-order valence-electron chi connectivity index (χ3n) is 8.14. The first-order valence-electron chi connectivity index (χ1n) is 9.48. The Labute approximate surface area is 140 Å². The maximum atomic E-state index is 10.5. The summed E-state index contributed by atoms with van der Waals surface area (Å²) in [7, 11) is 1.64. The summed E-state index contributed by atoms with van der Waals surface area (Å²) in [5.41, 5.74) is 3.28. The fourth-order valence-electron chi connectivity index (χ4n) is 6.73. The molecule has 0 bridgehead atoms. The van der Waals surface area contributed by atoms with Gasteiger partial charge in [0, 0.05) is 0 Å². The number of aliphatic hydroxyl groups is 1. The van der Waals surface area contributed by atoms with Crippen molar-refractivity contribution in [3.05, 3.63) is 11.6 Å². The Bertz CT molecular complexity index is 554. The van der Waals surface area contributed by atoms with Gasteiger partial charge in [-0.1, -0.05) is 24.6 Å². The Morgan fingerprint density at radius 2 is 1.91 bits per heavy atom. The molecule has 4 rings (SSSR count). The number of aliphatic hydroxyl groups excluding tert-OH is 1. The molecule has 3 fully saturated rings. The predicted molar refractivity (Wildman–Crippen MR) is 92.2 cm³/mol. The van der Waals surface area contributed by atoms with Crippen LogP contribution in [0.1, 0.15) is 65.2 Å². The fraction of sp³-hybridized carbons (Fsp3) is 0.850. The van der Waals surface area contributed by atoms with E-state index in [0.717, 1.165) is 36.3 Å². The van der Waals surface area contributed by atoms with Crippen molar-refractivity contribution in [1.82, 2.24) is 0 Å². The molecule has 0 aromatic carbocycles. The van der Waals surface area contributed by atoms with Crippen LogP contribution in [0.25, 0.3) is 0 Å². The zero-order chi connectivity index (χ0) is 16.2. The van der Waals surface area contributed by atoms with Gasteiger partial charge in [-0.05, 0) is 86.0 Å². The molecule has 0 spiro atoms. The molecule has 0 radical (unpaired) electrons. The first-order valence-corrected chi connectivity index (χ1v) is 9.48. The number of allylic oxidation sites excluding steroid dienone is 2. The van der Waals surface area contributed by atoms with Gasteiger partial charge in [-0.2, -0.15) is 0 Å². The van der Waals surface area contributed by atoms with E-state index in [-0.39, 0.29) is 11.5 Å². The molecule has 6 atom stereocenters. The van der Waals surface area contributed by atoms with Gasteiger partial charge >= 0.3 is 0 Å². The van der Waals surface area contributed by atoms with E-state index in [1.807, 2.05) is 0 Å². The lowest BCUT2D eigenvalue weighted by Crippen LogP contribution is -2.51. The molecule has 0 aliphatic heterocycles. The van der Waals surface area contributed by atoms with E-state index >= 15 is 0 Å². The summed E-state index contributed by atoms with van der Waals surface area (Å²) >= 11 is 0. The summed E-state index contributed by atoms with van der Waals surface area (Å²) in [6, 6.07) is 0. The Hall–Kier alpha value is -0.830. The van der Waals surface area contributed by atoms with Crippen molar-refractivity contribution in [2.75, 3.05) is 7.11 Å². The molecular formula is C20H31NO2. The van der Waals surface area contributed by atoms with Crippen LogP contribution in [0, 0.1) is 28.6 Å². The molecule has 4 aliphatic rings. The van der Waals surface area contributed by atoms with Crippen molar-refractivity contribution < 1.29 is 9.94 Å². The first kappa shape index (κ1) is 15.7. The summed E-state index contributed by atoms with van der Waals surface area (Å²) in [5.74, 6) is 2.35. The molecule has 3 nitrogen and oxygen atoms in total. The number of rotatable bonds is 1. The van der Waals surface area contributed by atoms with E-state index in [1.165, 1.54) is 38.5 Å². The van der Waals surface area contributed by atoms with E-state index in [9.17, 15) is 5.11 Å². The highest BCUT2D eigenvalue weighted by Gasteiger charge is 2.58. The van der Waals surface area contributed by atoms with Crippen LogP contribution in [-0.4, -0.2) is 24.0 Å². The molecule has 0 saturated heterocycles. The largest absolute Gasteiger partial charge is 0.399 e. The SMILES string of the molecule is CO/N=C1/C=C2CC[C@H]3[C@@H]4CC[C@H](O)[C@@]4(C)CC[C@@H]3[C@@]2(C)CC1. The molecule has 0 aromatic heterocycles. The van der Waals surface area contributed by atoms with Gasteiger partial charge in [-0.15, -0.1) is 0 Å². The van der Waals surface area contributed by atoms with Crippen molar-refractivity contribution in [3.8, 4) is 0 Å². The highest BCUT2D eigenvalue weighted by molar-refractivity contribution is 5.96. The molecule has 3 heteroatoms. The highest BCUT2D eigenvalue weighted by atomic mass is 16.6. The number of fused-ring (bicyclic) bond motifs is 5. The van der Waals surface area contributed by atoms with Crippen LogP contribution in [0.2, 0.25) is 0 Å². The van der Waals surface area contributed by atoms with E-state index < -0.39 is 0 Å². The summed E-state index contributed by atoms with van der Waals surface area (Å²) in [4.78, 5) is 5.00. The third-order valence-corrected chi connectivity index (χ3v) is 8.14. The average Bonchev–Trinajstić information content (AvgIpc) is 2.84. The molecule has 4 aliphatic carbocycles. The molecule has 1 N–H and O–H groups in total. The molecule has 3 saturated carbocycles. The standard InChI is InChI=1S/C20H31NO2/c1-19-10-8-14(21-23-3)12-13(19)4-5-15-16-6-7-18(22)20(16,2)11-9-17(15)19/h12,15-18,22H,4-11H2,1-3H3/b21-14+/t15-,16-,17-,18-,19-,20-/m0/s1. The van der Waals surface area contributed by atoms with E-state index in [2.05, 4.69) is 25.1 Å². The highest BCUT2D eigenvalue weighted by Crippen LogP contribution is 2.65. The fourth-order valence-corrected chi connectivity index (χ4v) is 6.73. The molecule has 128 valence electrons. The Morgan fingerprint density at radius 1 is 1.09 bits per heavy atom. The lowest BCUT2D eigenvalue weighted by molar-refractivity contribution is -0.0722. The minimum Gasteiger partial charge on any atom is -0.399 e. The minimum absolute atomic E-state index is 0.0648. The van der Waals surface area contributed by atoms with Gasteiger partial charge in [0.25, 0.3) is 0 Å². The molecule has 0 heterocycles. The van der Waals surface area contributed by atoms with E-state index in [1.54, 1.807) is 12.7 Å². The molecule has 0 unspecified atom stereocenters. The van der Waals surface area contributed by atoms with Gasteiger partial charge in [0.2, 0.25) is 0 Å². The second kappa shape index (κ2) is 5.34. The normalized spacial score (nSPS) is 50.8. The summed E-state index contributed by atoms with van der Waals surface area (Å²) in [6.07, 6.45) is 11.8. The summed E-state index contributed by atoms with van der Waals surface area (Å²) < 4.78 is 0. The monoisotopic (exact) mass is 317 g/mol. The van der Waals surface area contributed by atoms with Crippen LogP contribution in [0.3, 0.4) is 0 Å². The van der Waals surface area contributed by atoms with Gasteiger partial charge in [0.05, 0.1) is 11.8 Å². The summed E-state index contributed by atoms with van der Waals surface area (Å²) in [5, 5.41) is 14.7. The maximum absolute atomic E-state index is 10.5. The maximum Gasteiger partial charge on any atom is 0.106 e. The molecule has 0 aromatic rings. The average molecular weight is 317 g/mol. The van der Waals surface area contributed by atoms with Crippen LogP contribution >= 0.6 is 0 Å². The zero-order valence-electron chi connectivity index (χ0n) is 14.8. The number of hydrogen-bond donors (Lipinski definition) is 1. The van der Waals surface area contributed by atoms with Gasteiger partial charge in [0.15, 0.2) is 0 Å². The van der Waals surface area contributed by atoms with Crippen molar-refractivity contribution in [2.45, 2.75) is 71.3 Å². The van der Waals surface area contributed by atoms with Gasteiger partial charge in [-0.3, -0.25) is 0 Å². The number of nitrogens with zero attached hydrogens (tertiary/aromatic N) is 1. The van der Waals surface area contributed by atoms with Crippen molar-refractivity contribution in [2.24, 2.45) is 33.7 Å². The molecule has 0 amide bonds.